The highest BCUT2D eigenvalue weighted by Gasteiger charge is 2.08. The number of rotatable bonds is 6. The van der Waals surface area contributed by atoms with Gasteiger partial charge in [-0.3, -0.25) is 4.79 Å². The van der Waals surface area contributed by atoms with E-state index in [0.29, 0.717) is 13.0 Å². The van der Waals surface area contributed by atoms with Crippen LogP contribution in [0.5, 0.6) is 0 Å². The van der Waals surface area contributed by atoms with Gasteiger partial charge in [-0.1, -0.05) is 44.2 Å². The Kier molecular flexibility index (Phi) is 5.91. The van der Waals surface area contributed by atoms with E-state index in [1.165, 1.54) is 0 Å². The molecule has 0 saturated carbocycles. The van der Waals surface area contributed by atoms with Gasteiger partial charge in [-0.2, -0.15) is 0 Å². The second-order valence-electron chi connectivity index (χ2n) is 4.36. The smallest absolute Gasteiger partial charge is 0.407 e. The van der Waals surface area contributed by atoms with Gasteiger partial charge in [0.15, 0.2) is 0 Å². The largest absolute Gasteiger partial charge is 0.445 e. The first kappa shape index (κ1) is 14.2. The first-order chi connectivity index (χ1) is 8.59. The third-order valence-electron chi connectivity index (χ3n) is 2.50. The van der Waals surface area contributed by atoms with Crippen molar-refractivity contribution in [1.29, 1.82) is 0 Å². The number of hydrogen-bond donors (Lipinski definition) is 1. The molecule has 0 heterocycles. The molecule has 0 aliphatic carbocycles. The number of nitrogens with one attached hydrogen (secondary N) is 1. The molecule has 0 saturated heterocycles. The molecule has 1 N–H and O–H groups in total. The minimum absolute atomic E-state index is 0.00661. The van der Waals surface area contributed by atoms with Crippen LogP contribution in [-0.2, 0) is 16.1 Å². The molecule has 0 atom stereocenters. The van der Waals surface area contributed by atoms with Gasteiger partial charge in [-0.05, 0) is 5.56 Å². The van der Waals surface area contributed by atoms with Crippen LogP contribution >= 0.6 is 0 Å². The lowest BCUT2D eigenvalue weighted by Gasteiger charge is -2.07. The van der Waals surface area contributed by atoms with Gasteiger partial charge >= 0.3 is 6.09 Å². The average molecular weight is 249 g/mol. The van der Waals surface area contributed by atoms with Crippen LogP contribution in [0.4, 0.5) is 4.79 Å². The van der Waals surface area contributed by atoms with Crippen molar-refractivity contribution < 1.29 is 14.3 Å². The summed E-state index contributed by atoms with van der Waals surface area (Å²) in [4.78, 5) is 22.6. The summed E-state index contributed by atoms with van der Waals surface area (Å²) < 4.78 is 5.01. The summed E-state index contributed by atoms with van der Waals surface area (Å²) in [7, 11) is 0. The number of carbonyl (C=O) groups is 2. The van der Waals surface area contributed by atoms with Crippen LogP contribution in [-0.4, -0.2) is 18.4 Å². The summed E-state index contributed by atoms with van der Waals surface area (Å²) in [6, 6.07) is 9.45. The lowest BCUT2D eigenvalue weighted by molar-refractivity contribution is -0.121. The van der Waals surface area contributed by atoms with E-state index < -0.39 is 6.09 Å². The van der Waals surface area contributed by atoms with Gasteiger partial charge in [0.2, 0.25) is 0 Å². The van der Waals surface area contributed by atoms with E-state index in [2.05, 4.69) is 5.32 Å². The molecule has 4 heteroatoms. The van der Waals surface area contributed by atoms with Crippen molar-refractivity contribution in [1.82, 2.24) is 5.32 Å². The van der Waals surface area contributed by atoms with Crippen LogP contribution < -0.4 is 5.32 Å². The quantitative estimate of drug-likeness (QED) is 0.842. The van der Waals surface area contributed by atoms with E-state index in [0.717, 1.165) is 5.56 Å². The molecule has 18 heavy (non-hydrogen) atoms. The molecule has 0 radical (unpaired) electrons. The van der Waals surface area contributed by atoms with Gasteiger partial charge in [-0.25, -0.2) is 4.79 Å². The normalized spacial score (nSPS) is 10.2. The molecular formula is C14H19NO3. The molecule has 0 aliphatic rings. The van der Waals surface area contributed by atoms with Crippen molar-refractivity contribution in [3.05, 3.63) is 35.9 Å². The lowest BCUT2D eigenvalue weighted by atomic mass is 10.1. The van der Waals surface area contributed by atoms with Crippen molar-refractivity contribution in [3.8, 4) is 0 Å². The first-order valence-corrected chi connectivity index (χ1v) is 6.07. The third kappa shape index (κ3) is 5.48. The topological polar surface area (TPSA) is 55.4 Å². The van der Waals surface area contributed by atoms with Crippen molar-refractivity contribution in [3.63, 3.8) is 0 Å². The highest BCUT2D eigenvalue weighted by molar-refractivity contribution is 5.80. The minimum atomic E-state index is -0.490. The van der Waals surface area contributed by atoms with Gasteiger partial charge in [-0.15, -0.1) is 0 Å². The van der Waals surface area contributed by atoms with Gasteiger partial charge < -0.3 is 10.1 Å². The van der Waals surface area contributed by atoms with E-state index >= 15 is 0 Å². The summed E-state index contributed by atoms with van der Waals surface area (Å²) in [6.45, 7) is 4.25. The second kappa shape index (κ2) is 7.48. The third-order valence-corrected chi connectivity index (χ3v) is 2.50. The summed E-state index contributed by atoms with van der Waals surface area (Å²) in [5.41, 5.74) is 0.936. The maximum atomic E-state index is 11.3. The molecule has 1 rings (SSSR count). The predicted molar refractivity (Wildman–Crippen MR) is 69.1 cm³/mol. The van der Waals surface area contributed by atoms with Crippen molar-refractivity contribution >= 4 is 11.9 Å². The van der Waals surface area contributed by atoms with E-state index in [4.69, 9.17) is 4.74 Å². The Bertz CT molecular complexity index is 387. The van der Waals surface area contributed by atoms with Crippen LogP contribution in [0.1, 0.15) is 25.8 Å². The van der Waals surface area contributed by atoms with Crippen LogP contribution in [0.15, 0.2) is 30.3 Å². The van der Waals surface area contributed by atoms with E-state index in [1.54, 1.807) is 0 Å². The second-order valence-corrected chi connectivity index (χ2v) is 4.36. The van der Waals surface area contributed by atoms with Crippen molar-refractivity contribution in [2.24, 2.45) is 5.92 Å². The maximum Gasteiger partial charge on any atom is 0.407 e. The first-order valence-electron chi connectivity index (χ1n) is 6.07. The Hall–Kier alpha value is -1.84. The fourth-order valence-electron chi connectivity index (χ4n) is 1.35. The fraction of sp³-hybridized carbons (Fsp3) is 0.429. The Balaban J connectivity index is 2.17. The Morgan fingerprint density at radius 1 is 1.22 bits per heavy atom. The number of Topliss-reactive ketones (excluding diaryl/α,β-unsaturated/α-hetero) is 1. The number of hydrogen-bond acceptors (Lipinski definition) is 3. The summed E-state index contributed by atoms with van der Waals surface area (Å²) in [5, 5.41) is 2.56. The highest BCUT2D eigenvalue weighted by atomic mass is 16.5. The Morgan fingerprint density at radius 2 is 1.89 bits per heavy atom. The van der Waals surface area contributed by atoms with Gasteiger partial charge in [0.25, 0.3) is 0 Å². The number of benzene rings is 1. The fourth-order valence-corrected chi connectivity index (χ4v) is 1.35. The SMILES string of the molecule is CC(C)C(=O)CCNC(=O)OCc1ccccc1. The van der Waals surface area contributed by atoms with Crippen LogP contribution in [0, 0.1) is 5.92 Å². The van der Waals surface area contributed by atoms with E-state index in [9.17, 15) is 9.59 Å². The number of carbonyl (C=O) groups excluding carboxylic acids is 2. The molecule has 0 aliphatic heterocycles. The molecule has 1 aromatic rings. The molecule has 1 aromatic carbocycles. The Morgan fingerprint density at radius 3 is 2.50 bits per heavy atom. The lowest BCUT2D eigenvalue weighted by Crippen LogP contribution is -2.27. The molecule has 4 nitrogen and oxygen atoms in total. The maximum absolute atomic E-state index is 11.3. The van der Waals surface area contributed by atoms with Crippen LogP contribution in [0.2, 0.25) is 0 Å². The zero-order chi connectivity index (χ0) is 13.4. The molecule has 0 aromatic heterocycles. The van der Waals surface area contributed by atoms with Gasteiger partial charge in [0.1, 0.15) is 12.4 Å². The zero-order valence-corrected chi connectivity index (χ0v) is 10.8. The number of alkyl carbamates (subject to hydrolysis) is 1. The van der Waals surface area contributed by atoms with E-state index in [1.807, 2.05) is 44.2 Å². The predicted octanol–water partition coefficient (Wildman–Crippen LogP) is 2.53. The van der Waals surface area contributed by atoms with Gasteiger partial charge in [0.05, 0.1) is 0 Å². The molecule has 98 valence electrons. The number of ketones is 1. The molecule has 0 unspecified atom stereocenters. The highest BCUT2D eigenvalue weighted by Crippen LogP contribution is 2.01. The monoisotopic (exact) mass is 249 g/mol. The number of amides is 1. The summed E-state index contributed by atoms with van der Waals surface area (Å²) >= 11 is 0. The molecule has 1 amide bonds. The number of ether oxygens (including phenoxy) is 1. The summed E-state index contributed by atoms with van der Waals surface area (Å²) in [5.74, 6) is 0.144. The average Bonchev–Trinajstić information content (AvgIpc) is 2.37. The Labute approximate surface area is 107 Å². The van der Waals surface area contributed by atoms with Crippen LogP contribution in [0.3, 0.4) is 0 Å². The summed E-state index contributed by atoms with van der Waals surface area (Å²) in [6.07, 6.45) is -0.145. The van der Waals surface area contributed by atoms with Crippen molar-refractivity contribution in [2.45, 2.75) is 26.9 Å². The van der Waals surface area contributed by atoms with Crippen LogP contribution in [0.25, 0.3) is 0 Å². The standard InChI is InChI=1S/C14H19NO3/c1-11(2)13(16)8-9-15-14(17)18-10-12-6-4-3-5-7-12/h3-7,11H,8-10H2,1-2H3,(H,15,17). The zero-order valence-electron chi connectivity index (χ0n) is 10.8. The molecule has 0 fully saturated rings. The molecular weight excluding hydrogens is 230 g/mol. The molecule has 0 bridgehead atoms. The van der Waals surface area contributed by atoms with Gasteiger partial charge in [0, 0.05) is 18.9 Å². The van der Waals surface area contributed by atoms with Crippen molar-refractivity contribution in [2.75, 3.05) is 6.54 Å². The molecule has 0 spiro atoms. The van der Waals surface area contributed by atoms with E-state index in [-0.39, 0.29) is 18.3 Å². The minimum Gasteiger partial charge on any atom is -0.445 e.